The molecule has 2 fully saturated rings. The standard InChI is InChI=1S/C21H28N6O3/c28-19(10-11-27-20(29)17-8-4-5-9-18(17)23-24-27)25-12-14-26(15-13-25)21(30)22-16-6-2-1-3-7-16/h4-5,8-9,16H,1-3,6-7,10-15H2,(H,22,30). The van der Waals surface area contributed by atoms with Crippen LogP contribution in [0.4, 0.5) is 4.79 Å². The van der Waals surface area contributed by atoms with Crippen molar-refractivity contribution < 1.29 is 9.59 Å². The lowest BCUT2D eigenvalue weighted by Crippen LogP contribution is -2.54. The van der Waals surface area contributed by atoms with Gasteiger partial charge in [0.15, 0.2) is 0 Å². The second kappa shape index (κ2) is 9.23. The van der Waals surface area contributed by atoms with Crippen molar-refractivity contribution in [3.05, 3.63) is 34.6 Å². The van der Waals surface area contributed by atoms with E-state index in [2.05, 4.69) is 15.6 Å². The number of aryl methyl sites for hydroxylation is 1. The molecule has 160 valence electrons. The maximum atomic E-state index is 12.6. The van der Waals surface area contributed by atoms with E-state index in [4.69, 9.17) is 0 Å². The van der Waals surface area contributed by atoms with Crippen LogP contribution < -0.4 is 10.9 Å². The van der Waals surface area contributed by atoms with Gasteiger partial charge in [-0.2, -0.15) is 0 Å². The third-order valence-electron chi connectivity index (χ3n) is 6.02. The highest BCUT2D eigenvalue weighted by molar-refractivity contribution is 5.78. The number of hydrogen-bond donors (Lipinski definition) is 1. The van der Waals surface area contributed by atoms with Crippen LogP contribution in [-0.2, 0) is 11.3 Å². The normalized spacial score (nSPS) is 17.9. The second-order valence-corrected chi connectivity index (χ2v) is 8.04. The van der Waals surface area contributed by atoms with Crippen molar-refractivity contribution in [1.29, 1.82) is 0 Å². The number of amides is 3. The first-order valence-corrected chi connectivity index (χ1v) is 10.8. The molecule has 0 unspecified atom stereocenters. The van der Waals surface area contributed by atoms with E-state index in [9.17, 15) is 14.4 Å². The van der Waals surface area contributed by atoms with Crippen molar-refractivity contribution in [2.45, 2.75) is 51.1 Å². The molecule has 30 heavy (non-hydrogen) atoms. The van der Waals surface area contributed by atoms with Gasteiger partial charge < -0.3 is 15.1 Å². The smallest absolute Gasteiger partial charge is 0.317 e. The van der Waals surface area contributed by atoms with E-state index in [1.165, 1.54) is 23.9 Å². The zero-order chi connectivity index (χ0) is 20.9. The molecule has 1 aromatic carbocycles. The molecule has 1 aromatic heterocycles. The molecule has 0 radical (unpaired) electrons. The van der Waals surface area contributed by atoms with Gasteiger partial charge in [0, 0.05) is 38.6 Å². The predicted octanol–water partition coefficient (Wildman–Crippen LogP) is 1.37. The van der Waals surface area contributed by atoms with E-state index < -0.39 is 0 Å². The lowest BCUT2D eigenvalue weighted by atomic mass is 9.96. The van der Waals surface area contributed by atoms with Crippen LogP contribution in [0.25, 0.3) is 10.9 Å². The molecule has 9 nitrogen and oxygen atoms in total. The summed E-state index contributed by atoms with van der Waals surface area (Å²) in [5.41, 5.74) is 0.310. The summed E-state index contributed by atoms with van der Waals surface area (Å²) < 4.78 is 1.24. The molecule has 3 amide bonds. The molecule has 1 aliphatic carbocycles. The van der Waals surface area contributed by atoms with Crippen LogP contribution >= 0.6 is 0 Å². The minimum atomic E-state index is -0.238. The van der Waals surface area contributed by atoms with Gasteiger partial charge in [-0.3, -0.25) is 9.59 Å². The van der Waals surface area contributed by atoms with Crippen LogP contribution in [0, 0.1) is 0 Å². The SMILES string of the molecule is O=C(CCn1nnc2ccccc2c1=O)N1CCN(C(=O)NC2CCCCC2)CC1. The maximum absolute atomic E-state index is 12.6. The molecular formula is C21H28N6O3. The van der Waals surface area contributed by atoms with Gasteiger partial charge in [0.2, 0.25) is 5.91 Å². The van der Waals surface area contributed by atoms with Crippen molar-refractivity contribution in [3.8, 4) is 0 Å². The fraction of sp³-hybridized carbons (Fsp3) is 0.571. The summed E-state index contributed by atoms with van der Waals surface area (Å²) in [7, 11) is 0. The number of nitrogens with zero attached hydrogens (tertiary/aromatic N) is 5. The molecule has 2 aromatic rings. The average molecular weight is 412 g/mol. The Bertz CT molecular complexity index is 961. The Hall–Kier alpha value is -2.97. The van der Waals surface area contributed by atoms with Gasteiger partial charge in [-0.1, -0.05) is 36.6 Å². The Morgan fingerprint density at radius 1 is 1.00 bits per heavy atom. The molecule has 0 atom stereocenters. The molecule has 9 heteroatoms. The van der Waals surface area contributed by atoms with Crippen LogP contribution in [0.5, 0.6) is 0 Å². The van der Waals surface area contributed by atoms with E-state index in [-0.39, 0.29) is 36.5 Å². The number of benzene rings is 1. The summed E-state index contributed by atoms with van der Waals surface area (Å²) in [6, 6.07) is 7.30. The summed E-state index contributed by atoms with van der Waals surface area (Å²) in [4.78, 5) is 41.1. The van der Waals surface area contributed by atoms with Gasteiger partial charge in [-0.15, -0.1) is 5.10 Å². The molecule has 1 N–H and O–H groups in total. The van der Waals surface area contributed by atoms with Crippen LogP contribution in [-0.4, -0.2) is 69.0 Å². The largest absolute Gasteiger partial charge is 0.339 e. The molecule has 1 saturated carbocycles. The first-order valence-electron chi connectivity index (χ1n) is 10.8. The number of rotatable bonds is 4. The highest BCUT2D eigenvalue weighted by atomic mass is 16.2. The lowest BCUT2D eigenvalue weighted by molar-refractivity contribution is -0.132. The summed E-state index contributed by atoms with van der Waals surface area (Å²) >= 11 is 0. The third kappa shape index (κ3) is 4.60. The topological polar surface area (TPSA) is 100 Å². The molecule has 2 aliphatic rings. The molecule has 4 rings (SSSR count). The fourth-order valence-corrected chi connectivity index (χ4v) is 4.20. The molecular weight excluding hydrogens is 384 g/mol. The summed E-state index contributed by atoms with van der Waals surface area (Å²) in [5, 5.41) is 11.6. The fourth-order valence-electron chi connectivity index (χ4n) is 4.20. The number of piperazine rings is 1. The Kier molecular flexibility index (Phi) is 6.25. The van der Waals surface area contributed by atoms with Crippen molar-refractivity contribution in [3.63, 3.8) is 0 Å². The second-order valence-electron chi connectivity index (χ2n) is 8.04. The zero-order valence-electron chi connectivity index (χ0n) is 17.1. The van der Waals surface area contributed by atoms with Gasteiger partial charge in [-0.25, -0.2) is 9.48 Å². The van der Waals surface area contributed by atoms with E-state index in [1.54, 1.807) is 34.1 Å². The van der Waals surface area contributed by atoms with Crippen LogP contribution in [0.1, 0.15) is 38.5 Å². The molecule has 2 heterocycles. The van der Waals surface area contributed by atoms with Gasteiger partial charge in [0.25, 0.3) is 5.56 Å². The lowest BCUT2D eigenvalue weighted by Gasteiger charge is -2.36. The van der Waals surface area contributed by atoms with Gasteiger partial charge in [0.1, 0.15) is 5.52 Å². The van der Waals surface area contributed by atoms with E-state index in [1.807, 2.05) is 0 Å². The van der Waals surface area contributed by atoms with Gasteiger partial charge in [-0.05, 0) is 25.0 Å². The van der Waals surface area contributed by atoms with Crippen molar-refractivity contribution in [2.24, 2.45) is 0 Å². The number of carbonyl (C=O) groups is 2. The third-order valence-corrected chi connectivity index (χ3v) is 6.02. The summed E-state index contributed by atoms with van der Waals surface area (Å²) in [6.45, 7) is 2.27. The van der Waals surface area contributed by atoms with Gasteiger partial charge in [0.05, 0.1) is 11.9 Å². The quantitative estimate of drug-likeness (QED) is 0.817. The number of nitrogens with one attached hydrogen (secondary N) is 1. The number of hydrogen-bond acceptors (Lipinski definition) is 5. The Morgan fingerprint density at radius 3 is 2.47 bits per heavy atom. The Morgan fingerprint density at radius 2 is 1.70 bits per heavy atom. The van der Waals surface area contributed by atoms with E-state index in [0.717, 1.165) is 12.8 Å². The monoisotopic (exact) mass is 412 g/mol. The van der Waals surface area contributed by atoms with Crippen molar-refractivity contribution in [2.75, 3.05) is 26.2 Å². The first-order chi connectivity index (χ1) is 14.6. The summed E-state index contributed by atoms with van der Waals surface area (Å²) in [6.07, 6.45) is 5.91. The first kappa shape index (κ1) is 20.3. The Labute approximate surface area is 175 Å². The Balaban J connectivity index is 1.26. The minimum absolute atomic E-state index is 0.0213. The van der Waals surface area contributed by atoms with E-state index in [0.29, 0.717) is 37.1 Å². The van der Waals surface area contributed by atoms with Crippen molar-refractivity contribution in [1.82, 2.24) is 30.1 Å². The maximum Gasteiger partial charge on any atom is 0.317 e. The number of urea groups is 1. The molecule has 1 saturated heterocycles. The highest BCUT2D eigenvalue weighted by Crippen LogP contribution is 2.18. The van der Waals surface area contributed by atoms with Gasteiger partial charge >= 0.3 is 6.03 Å². The highest BCUT2D eigenvalue weighted by Gasteiger charge is 2.26. The minimum Gasteiger partial charge on any atom is -0.339 e. The average Bonchev–Trinajstić information content (AvgIpc) is 2.79. The number of fused-ring (bicyclic) bond motifs is 1. The van der Waals surface area contributed by atoms with Crippen molar-refractivity contribution >= 4 is 22.8 Å². The number of aromatic nitrogens is 3. The molecule has 0 bridgehead atoms. The van der Waals surface area contributed by atoms with Crippen LogP contribution in [0.15, 0.2) is 29.1 Å². The van der Waals surface area contributed by atoms with E-state index >= 15 is 0 Å². The molecule has 1 aliphatic heterocycles. The van der Waals surface area contributed by atoms with Crippen LogP contribution in [0.2, 0.25) is 0 Å². The number of carbonyl (C=O) groups excluding carboxylic acids is 2. The zero-order valence-corrected chi connectivity index (χ0v) is 17.1. The summed E-state index contributed by atoms with van der Waals surface area (Å²) in [5.74, 6) is -0.0378. The molecule has 0 spiro atoms. The predicted molar refractivity (Wildman–Crippen MR) is 112 cm³/mol. The van der Waals surface area contributed by atoms with Crippen LogP contribution in [0.3, 0.4) is 0 Å².